The van der Waals surface area contributed by atoms with Gasteiger partial charge in [0.25, 0.3) is 5.91 Å². The van der Waals surface area contributed by atoms with E-state index in [2.05, 4.69) is 26.7 Å². The van der Waals surface area contributed by atoms with E-state index in [1.54, 1.807) is 17.3 Å². The summed E-state index contributed by atoms with van der Waals surface area (Å²) >= 11 is 0. The summed E-state index contributed by atoms with van der Waals surface area (Å²) in [6, 6.07) is 5.69. The first-order chi connectivity index (χ1) is 12.2. The minimum atomic E-state index is -0.192. The van der Waals surface area contributed by atoms with E-state index >= 15 is 0 Å². The number of fused-ring (bicyclic) bond motifs is 1. The second-order valence-corrected chi connectivity index (χ2v) is 6.19. The molecule has 8 heteroatoms. The summed E-state index contributed by atoms with van der Waals surface area (Å²) < 4.78 is 1.83. The van der Waals surface area contributed by atoms with Gasteiger partial charge >= 0.3 is 0 Å². The van der Waals surface area contributed by atoms with Crippen LogP contribution in [0.5, 0.6) is 0 Å². The van der Waals surface area contributed by atoms with Gasteiger partial charge in [0.15, 0.2) is 6.19 Å². The summed E-state index contributed by atoms with van der Waals surface area (Å²) in [7, 11) is 0. The molecule has 0 aliphatic carbocycles. The maximum Gasteiger partial charge on any atom is 0.271 e. The molecule has 4 rings (SSSR count). The molecule has 1 saturated heterocycles. The highest BCUT2D eigenvalue weighted by molar-refractivity contribution is 5.92. The average Bonchev–Trinajstić information content (AvgIpc) is 3.38. The first kappa shape index (κ1) is 15.2. The van der Waals surface area contributed by atoms with Gasteiger partial charge in [-0.25, -0.2) is 4.98 Å². The number of hydrogen-bond acceptors (Lipinski definition) is 5. The van der Waals surface area contributed by atoms with Gasteiger partial charge in [-0.1, -0.05) is 0 Å². The quantitative estimate of drug-likeness (QED) is 0.699. The van der Waals surface area contributed by atoms with Crippen LogP contribution in [0.3, 0.4) is 0 Å². The second-order valence-electron chi connectivity index (χ2n) is 6.19. The molecule has 0 saturated carbocycles. The van der Waals surface area contributed by atoms with Crippen LogP contribution in [0.1, 0.15) is 16.9 Å². The lowest BCUT2D eigenvalue weighted by molar-refractivity contribution is 0.0943. The van der Waals surface area contributed by atoms with Crippen LogP contribution in [-0.4, -0.2) is 50.0 Å². The van der Waals surface area contributed by atoms with Crippen LogP contribution in [-0.2, 0) is 0 Å². The molecule has 0 spiro atoms. The van der Waals surface area contributed by atoms with E-state index in [9.17, 15) is 4.79 Å². The van der Waals surface area contributed by atoms with Crippen LogP contribution in [0, 0.1) is 17.4 Å². The minimum absolute atomic E-state index is 0.192. The van der Waals surface area contributed by atoms with Crippen LogP contribution in [0.25, 0.3) is 16.9 Å². The standard InChI is InChI=1S/C17H17N7O/c18-11-23-6-4-12(8-23)7-19-17(25)15-10-24-9-13(1-2-16(24)21-15)14-3-5-20-22-14/h1-3,5,9-10,12H,4,6-8H2,(H,19,25)(H,20,22)/t12-/m1/s1. The lowest BCUT2D eigenvalue weighted by Crippen LogP contribution is -2.30. The molecular weight excluding hydrogens is 318 g/mol. The van der Waals surface area contributed by atoms with Crippen molar-refractivity contribution in [3.63, 3.8) is 0 Å². The van der Waals surface area contributed by atoms with Crippen molar-refractivity contribution in [3.05, 3.63) is 42.5 Å². The summed E-state index contributed by atoms with van der Waals surface area (Å²) in [6.45, 7) is 2.03. The fraction of sp³-hybridized carbons (Fsp3) is 0.294. The SMILES string of the molecule is N#CN1CC[C@H](CNC(=O)c2cn3cc(-c4ccn[nH]4)ccc3n2)C1. The Morgan fingerprint density at radius 1 is 1.40 bits per heavy atom. The number of aromatic nitrogens is 4. The van der Waals surface area contributed by atoms with Crippen molar-refractivity contribution in [2.45, 2.75) is 6.42 Å². The van der Waals surface area contributed by atoms with Crippen LogP contribution in [0.2, 0.25) is 0 Å². The maximum atomic E-state index is 12.4. The molecule has 0 radical (unpaired) electrons. The molecule has 0 aromatic carbocycles. The average molecular weight is 335 g/mol. The van der Waals surface area contributed by atoms with Crippen molar-refractivity contribution >= 4 is 11.6 Å². The minimum Gasteiger partial charge on any atom is -0.350 e. The number of carbonyl (C=O) groups excluding carboxylic acids is 1. The monoisotopic (exact) mass is 335 g/mol. The molecule has 25 heavy (non-hydrogen) atoms. The molecule has 0 bridgehead atoms. The molecule has 1 fully saturated rings. The highest BCUT2D eigenvalue weighted by atomic mass is 16.1. The number of H-pyrrole nitrogens is 1. The Bertz CT molecular complexity index is 938. The zero-order valence-corrected chi connectivity index (χ0v) is 13.5. The van der Waals surface area contributed by atoms with Gasteiger partial charge in [-0.05, 0) is 30.5 Å². The van der Waals surface area contributed by atoms with Gasteiger partial charge in [0.2, 0.25) is 0 Å². The highest BCUT2D eigenvalue weighted by Crippen LogP contribution is 2.18. The smallest absolute Gasteiger partial charge is 0.271 e. The van der Waals surface area contributed by atoms with Gasteiger partial charge < -0.3 is 14.6 Å². The van der Waals surface area contributed by atoms with Crippen LogP contribution < -0.4 is 5.32 Å². The second kappa shape index (κ2) is 6.28. The van der Waals surface area contributed by atoms with Gasteiger partial charge in [0, 0.05) is 43.8 Å². The molecular formula is C17H17N7O. The molecule has 0 unspecified atom stereocenters. The first-order valence-corrected chi connectivity index (χ1v) is 8.14. The van der Waals surface area contributed by atoms with E-state index in [-0.39, 0.29) is 5.91 Å². The zero-order valence-electron chi connectivity index (χ0n) is 13.5. The van der Waals surface area contributed by atoms with Gasteiger partial charge in [-0.3, -0.25) is 9.89 Å². The fourth-order valence-corrected chi connectivity index (χ4v) is 3.09. The third-order valence-corrected chi connectivity index (χ3v) is 4.47. The summed E-state index contributed by atoms with van der Waals surface area (Å²) in [5.41, 5.74) is 2.98. The molecule has 8 nitrogen and oxygen atoms in total. The summed E-state index contributed by atoms with van der Waals surface area (Å²) in [5, 5.41) is 18.7. The number of amides is 1. The number of likely N-dealkylation sites (tertiary alicyclic amines) is 1. The maximum absolute atomic E-state index is 12.4. The Morgan fingerprint density at radius 3 is 3.08 bits per heavy atom. The topological polar surface area (TPSA) is 102 Å². The molecule has 3 aromatic heterocycles. The number of hydrogen-bond donors (Lipinski definition) is 2. The van der Waals surface area contributed by atoms with Crippen LogP contribution in [0.4, 0.5) is 0 Å². The van der Waals surface area contributed by atoms with Crippen molar-refractivity contribution in [2.24, 2.45) is 5.92 Å². The van der Waals surface area contributed by atoms with Crippen molar-refractivity contribution in [2.75, 3.05) is 19.6 Å². The zero-order chi connectivity index (χ0) is 17.2. The number of carbonyl (C=O) groups is 1. The largest absolute Gasteiger partial charge is 0.350 e. The van der Waals surface area contributed by atoms with E-state index in [4.69, 9.17) is 5.26 Å². The molecule has 3 aromatic rings. The van der Waals surface area contributed by atoms with E-state index < -0.39 is 0 Å². The van der Waals surface area contributed by atoms with E-state index in [0.717, 1.165) is 24.2 Å². The molecule has 1 aliphatic heterocycles. The van der Waals surface area contributed by atoms with E-state index in [1.165, 1.54) is 0 Å². The number of nitrogens with one attached hydrogen (secondary N) is 2. The van der Waals surface area contributed by atoms with Crippen molar-refractivity contribution < 1.29 is 4.79 Å². The third-order valence-electron chi connectivity index (χ3n) is 4.47. The predicted octanol–water partition coefficient (Wildman–Crippen LogP) is 1.26. The van der Waals surface area contributed by atoms with Gasteiger partial charge in [0.05, 0.1) is 5.69 Å². The normalized spacial score (nSPS) is 16.9. The number of pyridine rings is 1. The molecule has 2 N–H and O–H groups in total. The van der Waals surface area contributed by atoms with Crippen molar-refractivity contribution in [1.29, 1.82) is 5.26 Å². The molecule has 126 valence electrons. The van der Waals surface area contributed by atoms with Crippen molar-refractivity contribution in [1.82, 2.24) is 29.8 Å². The Labute approximate surface area is 144 Å². The van der Waals surface area contributed by atoms with Crippen LogP contribution >= 0.6 is 0 Å². The third kappa shape index (κ3) is 3.04. The number of imidazole rings is 1. The summed E-state index contributed by atoms with van der Waals surface area (Å²) in [6.07, 6.45) is 8.40. The number of rotatable bonds is 4. The molecule has 1 aliphatic rings. The summed E-state index contributed by atoms with van der Waals surface area (Å²) in [5.74, 6) is 0.120. The molecule has 4 heterocycles. The van der Waals surface area contributed by atoms with Gasteiger partial charge in [-0.2, -0.15) is 10.4 Å². The molecule has 1 atom stereocenters. The Hall–Kier alpha value is -3.34. The Kier molecular flexibility index (Phi) is 3.82. The van der Waals surface area contributed by atoms with Gasteiger partial charge in [-0.15, -0.1) is 0 Å². The van der Waals surface area contributed by atoms with Gasteiger partial charge in [0.1, 0.15) is 11.3 Å². The van der Waals surface area contributed by atoms with Crippen molar-refractivity contribution in [3.8, 4) is 17.5 Å². The first-order valence-electron chi connectivity index (χ1n) is 8.14. The number of nitrogens with zero attached hydrogens (tertiary/aromatic N) is 5. The number of nitriles is 1. The summed E-state index contributed by atoms with van der Waals surface area (Å²) in [4.78, 5) is 18.4. The fourth-order valence-electron chi connectivity index (χ4n) is 3.09. The Balaban J connectivity index is 1.46. The highest BCUT2D eigenvalue weighted by Gasteiger charge is 2.22. The lowest BCUT2D eigenvalue weighted by Gasteiger charge is -2.10. The predicted molar refractivity (Wildman–Crippen MR) is 90.4 cm³/mol. The van der Waals surface area contributed by atoms with Crippen LogP contribution in [0.15, 0.2) is 36.8 Å². The number of aromatic amines is 1. The molecule has 1 amide bonds. The lowest BCUT2D eigenvalue weighted by atomic mass is 10.1. The van der Waals surface area contributed by atoms with E-state index in [0.29, 0.717) is 30.3 Å². The van der Waals surface area contributed by atoms with E-state index in [1.807, 2.05) is 28.8 Å². The Morgan fingerprint density at radius 2 is 2.32 bits per heavy atom.